The number of methoxy groups -OCH3 is 1. The number of carbonyl (C=O) groups is 1. The van der Waals surface area contributed by atoms with Crippen LogP contribution in [0.5, 0.6) is 11.5 Å². The molecule has 128 valence electrons. The Morgan fingerprint density at radius 2 is 1.96 bits per heavy atom. The maximum atomic E-state index is 12.2. The molecule has 0 radical (unpaired) electrons. The summed E-state index contributed by atoms with van der Waals surface area (Å²) in [4.78, 5) is 13.1. The van der Waals surface area contributed by atoms with E-state index in [0.29, 0.717) is 16.5 Å². The summed E-state index contributed by atoms with van der Waals surface area (Å²) >= 11 is 7.72. The molecule has 25 heavy (non-hydrogen) atoms. The first kappa shape index (κ1) is 17.5. The molecule has 2 N–H and O–H groups in total. The van der Waals surface area contributed by atoms with E-state index >= 15 is 0 Å². The second kappa shape index (κ2) is 7.68. The number of amides is 1. The zero-order valence-corrected chi connectivity index (χ0v) is 15.0. The van der Waals surface area contributed by atoms with Gasteiger partial charge in [0.05, 0.1) is 12.9 Å². The van der Waals surface area contributed by atoms with Crippen LogP contribution >= 0.6 is 23.4 Å². The number of thioether (sulfide) groups is 1. The number of aromatic hydroxyl groups is 1. The van der Waals surface area contributed by atoms with Crippen molar-refractivity contribution in [3.8, 4) is 11.5 Å². The minimum absolute atomic E-state index is 0.0196. The number of nitrogens with one attached hydrogen (secondary N) is 1. The SMILES string of the molecule is COc1ccc(NC(=O)CSc2cccc3cccc(Cl)c23)cc1O. The highest BCUT2D eigenvalue weighted by Crippen LogP contribution is 2.33. The average molecular weight is 374 g/mol. The topological polar surface area (TPSA) is 58.6 Å². The third kappa shape index (κ3) is 4.00. The summed E-state index contributed by atoms with van der Waals surface area (Å²) in [6.07, 6.45) is 0. The van der Waals surface area contributed by atoms with Gasteiger partial charge in [-0.3, -0.25) is 4.79 Å². The number of hydrogen-bond donors (Lipinski definition) is 2. The molecule has 0 bridgehead atoms. The monoisotopic (exact) mass is 373 g/mol. The van der Waals surface area contributed by atoms with Crippen molar-refractivity contribution >= 4 is 45.7 Å². The lowest BCUT2D eigenvalue weighted by molar-refractivity contribution is -0.113. The highest BCUT2D eigenvalue weighted by Gasteiger charge is 2.10. The Morgan fingerprint density at radius 3 is 2.68 bits per heavy atom. The number of anilines is 1. The maximum Gasteiger partial charge on any atom is 0.234 e. The van der Waals surface area contributed by atoms with Crippen molar-refractivity contribution in [2.75, 3.05) is 18.2 Å². The molecule has 0 unspecified atom stereocenters. The second-order valence-corrected chi connectivity index (χ2v) is 6.74. The first-order chi connectivity index (χ1) is 12.1. The van der Waals surface area contributed by atoms with Gasteiger partial charge < -0.3 is 15.2 Å². The lowest BCUT2D eigenvalue weighted by Gasteiger charge is -2.10. The number of rotatable bonds is 5. The Hall–Kier alpha value is -2.37. The van der Waals surface area contributed by atoms with Gasteiger partial charge in [0.15, 0.2) is 11.5 Å². The third-order valence-electron chi connectivity index (χ3n) is 3.64. The second-order valence-electron chi connectivity index (χ2n) is 5.32. The van der Waals surface area contributed by atoms with E-state index < -0.39 is 0 Å². The minimum atomic E-state index is -0.168. The standard InChI is InChI=1S/C19H16ClNO3S/c1-24-16-9-8-13(10-15(16)22)21-18(23)11-25-17-7-3-5-12-4-2-6-14(20)19(12)17/h2-10,22H,11H2,1H3,(H,21,23). The molecule has 0 saturated carbocycles. The number of hydrogen-bond acceptors (Lipinski definition) is 4. The molecule has 0 aliphatic carbocycles. The molecular weight excluding hydrogens is 358 g/mol. The average Bonchev–Trinajstić information content (AvgIpc) is 2.60. The van der Waals surface area contributed by atoms with Crippen LogP contribution in [0.25, 0.3) is 10.8 Å². The van der Waals surface area contributed by atoms with Gasteiger partial charge in [-0.2, -0.15) is 0 Å². The normalized spacial score (nSPS) is 10.6. The molecule has 0 fully saturated rings. The van der Waals surface area contributed by atoms with Crippen molar-refractivity contribution in [3.63, 3.8) is 0 Å². The van der Waals surface area contributed by atoms with E-state index in [2.05, 4.69) is 5.32 Å². The Morgan fingerprint density at radius 1 is 1.20 bits per heavy atom. The number of benzene rings is 3. The van der Waals surface area contributed by atoms with E-state index in [0.717, 1.165) is 15.7 Å². The Balaban J connectivity index is 1.70. The van der Waals surface area contributed by atoms with Crippen LogP contribution in [0.2, 0.25) is 5.02 Å². The van der Waals surface area contributed by atoms with Gasteiger partial charge in [-0.1, -0.05) is 35.9 Å². The molecule has 0 aliphatic heterocycles. The summed E-state index contributed by atoms with van der Waals surface area (Å²) in [5.41, 5.74) is 0.514. The molecule has 3 aromatic rings. The quantitative estimate of drug-likeness (QED) is 0.622. The molecule has 0 saturated heterocycles. The van der Waals surface area contributed by atoms with Gasteiger partial charge in [0.1, 0.15) is 0 Å². The number of carbonyl (C=O) groups excluding carboxylic acids is 1. The number of fused-ring (bicyclic) bond motifs is 1. The van der Waals surface area contributed by atoms with Crippen LogP contribution in [0.4, 0.5) is 5.69 Å². The van der Waals surface area contributed by atoms with Gasteiger partial charge in [0.2, 0.25) is 5.91 Å². The Labute approximate surface area is 154 Å². The fraction of sp³-hybridized carbons (Fsp3) is 0.105. The van der Waals surface area contributed by atoms with Crippen molar-refractivity contribution < 1.29 is 14.6 Å². The summed E-state index contributed by atoms with van der Waals surface area (Å²) in [5.74, 6) is 0.405. The van der Waals surface area contributed by atoms with Crippen molar-refractivity contribution in [1.82, 2.24) is 0 Å². The number of phenolic OH excluding ortho intramolecular Hbond substituents is 1. The number of halogens is 1. The molecule has 3 aromatic carbocycles. The molecule has 1 amide bonds. The first-order valence-electron chi connectivity index (χ1n) is 7.55. The van der Waals surface area contributed by atoms with E-state index in [-0.39, 0.29) is 17.4 Å². The largest absolute Gasteiger partial charge is 0.504 e. The van der Waals surface area contributed by atoms with Crippen LogP contribution < -0.4 is 10.1 Å². The maximum absolute atomic E-state index is 12.2. The highest BCUT2D eigenvalue weighted by atomic mass is 35.5. The molecule has 3 rings (SSSR count). The molecule has 0 aromatic heterocycles. The summed E-state index contributed by atoms with van der Waals surface area (Å²) in [7, 11) is 1.47. The zero-order valence-electron chi connectivity index (χ0n) is 13.5. The number of phenols is 1. The summed E-state index contributed by atoms with van der Waals surface area (Å²) in [6, 6.07) is 16.4. The highest BCUT2D eigenvalue weighted by molar-refractivity contribution is 8.00. The fourth-order valence-electron chi connectivity index (χ4n) is 2.49. The van der Waals surface area contributed by atoms with Crippen LogP contribution in [0, 0.1) is 0 Å². The lowest BCUT2D eigenvalue weighted by atomic mass is 10.1. The number of ether oxygens (including phenoxy) is 1. The molecule has 0 heterocycles. The molecule has 0 atom stereocenters. The van der Waals surface area contributed by atoms with E-state index in [1.807, 2.05) is 36.4 Å². The minimum Gasteiger partial charge on any atom is -0.504 e. The van der Waals surface area contributed by atoms with Crippen molar-refractivity contribution in [3.05, 3.63) is 59.6 Å². The van der Waals surface area contributed by atoms with Crippen LogP contribution in [-0.4, -0.2) is 23.9 Å². The van der Waals surface area contributed by atoms with Crippen LogP contribution in [0.3, 0.4) is 0 Å². The van der Waals surface area contributed by atoms with Gasteiger partial charge >= 0.3 is 0 Å². The van der Waals surface area contributed by atoms with Gasteiger partial charge in [-0.25, -0.2) is 0 Å². The summed E-state index contributed by atoms with van der Waals surface area (Å²) in [6.45, 7) is 0. The van der Waals surface area contributed by atoms with Gasteiger partial charge in [0.25, 0.3) is 0 Å². The lowest BCUT2D eigenvalue weighted by Crippen LogP contribution is -2.13. The first-order valence-corrected chi connectivity index (χ1v) is 8.92. The van der Waals surface area contributed by atoms with Crippen LogP contribution in [0.1, 0.15) is 0 Å². The molecule has 6 heteroatoms. The van der Waals surface area contributed by atoms with E-state index in [4.69, 9.17) is 16.3 Å². The third-order valence-corrected chi connectivity index (χ3v) is 5.01. The van der Waals surface area contributed by atoms with Gasteiger partial charge in [0, 0.05) is 27.1 Å². The smallest absolute Gasteiger partial charge is 0.234 e. The summed E-state index contributed by atoms with van der Waals surface area (Å²) in [5, 5.41) is 15.2. The van der Waals surface area contributed by atoms with Crippen molar-refractivity contribution in [2.45, 2.75) is 4.90 Å². The molecule has 0 aliphatic rings. The van der Waals surface area contributed by atoms with Crippen LogP contribution in [-0.2, 0) is 4.79 Å². The zero-order chi connectivity index (χ0) is 17.8. The van der Waals surface area contributed by atoms with Crippen LogP contribution in [0.15, 0.2) is 59.5 Å². The van der Waals surface area contributed by atoms with E-state index in [9.17, 15) is 9.90 Å². The van der Waals surface area contributed by atoms with Gasteiger partial charge in [-0.05, 0) is 29.7 Å². The Bertz CT molecular complexity index is 924. The molecule has 0 spiro atoms. The van der Waals surface area contributed by atoms with Gasteiger partial charge in [-0.15, -0.1) is 11.8 Å². The van der Waals surface area contributed by atoms with E-state index in [1.165, 1.54) is 24.9 Å². The summed E-state index contributed by atoms with van der Waals surface area (Å²) < 4.78 is 4.98. The molecule has 4 nitrogen and oxygen atoms in total. The van der Waals surface area contributed by atoms with Crippen molar-refractivity contribution in [1.29, 1.82) is 0 Å². The fourth-order valence-corrected chi connectivity index (χ4v) is 3.74. The molecular formula is C19H16ClNO3S. The van der Waals surface area contributed by atoms with E-state index in [1.54, 1.807) is 12.1 Å². The predicted octanol–water partition coefficient (Wildman–Crippen LogP) is 4.94. The Kier molecular flexibility index (Phi) is 5.36. The predicted molar refractivity (Wildman–Crippen MR) is 103 cm³/mol. The van der Waals surface area contributed by atoms with Crippen molar-refractivity contribution in [2.24, 2.45) is 0 Å².